The maximum Gasteiger partial charge on any atom is 0.311 e. The van der Waals surface area contributed by atoms with E-state index in [1.165, 1.54) is 5.56 Å². The first-order chi connectivity index (χ1) is 8.61. The number of carboxylic acid groups (broad SMARTS) is 1. The second-order valence-corrected chi connectivity index (χ2v) is 5.22. The molecule has 1 aromatic rings. The van der Waals surface area contributed by atoms with Gasteiger partial charge in [0.25, 0.3) is 0 Å². The van der Waals surface area contributed by atoms with Crippen molar-refractivity contribution in [3.63, 3.8) is 0 Å². The van der Waals surface area contributed by atoms with Gasteiger partial charge >= 0.3 is 5.97 Å². The van der Waals surface area contributed by atoms with Gasteiger partial charge in [0.15, 0.2) is 0 Å². The number of likely N-dealkylation sites (tertiary alicyclic amines) is 1. The van der Waals surface area contributed by atoms with E-state index in [1.54, 1.807) is 0 Å². The van der Waals surface area contributed by atoms with Crippen LogP contribution < -0.4 is 0 Å². The van der Waals surface area contributed by atoms with E-state index in [0.29, 0.717) is 0 Å². The lowest BCUT2D eigenvalue weighted by Gasteiger charge is -2.20. The minimum Gasteiger partial charge on any atom is -0.481 e. The molecule has 0 aromatic heterocycles. The van der Waals surface area contributed by atoms with Crippen LogP contribution in [0, 0.1) is 5.92 Å². The summed E-state index contributed by atoms with van der Waals surface area (Å²) in [5.74, 6) is -0.819. The zero-order valence-electron chi connectivity index (χ0n) is 11.1. The lowest BCUT2D eigenvalue weighted by Crippen LogP contribution is -2.24. The van der Waals surface area contributed by atoms with E-state index in [1.807, 2.05) is 24.3 Å². The van der Waals surface area contributed by atoms with Crippen LogP contribution in [0.3, 0.4) is 0 Å². The third-order valence-electron chi connectivity index (χ3n) is 3.91. The van der Waals surface area contributed by atoms with Gasteiger partial charge < -0.3 is 10.0 Å². The van der Waals surface area contributed by atoms with Crippen LogP contribution in [0.25, 0.3) is 0 Å². The third-order valence-corrected chi connectivity index (χ3v) is 3.91. The van der Waals surface area contributed by atoms with Crippen molar-refractivity contribution in [2.45, 2.75) is 25.7 Å². The largest absolute Gasteiger partial charge is 0.481 e. The fraction of sp³-hybridized carbons (Fsp3) is 0.533. The fourth-order valence-electron chi connectivity index (χ4n) is 2.82. The first-order valence-electron chi connectivity index (χ1n) is 6.62. The Morgan fingerprint density at radius 1 is 1.44 bits per heavy atom. The smallest absolute Gasteiger partial charge is 0.311 e. The van der Waals surface area contributed by atoms with Crippen molar-refractivity contribution < 1.29 is 9.90 Å². The predicted octanol–water partition coefficient (Wildman–Crippen LogP) is 2.37. The van der Waals surface area contributed by atoms with Crippen LogP contribution in [0.4, 0.5) is 0 Å². The lowest BCUT2D eigenvalue weighted by atomic mass is 9.85. The number of hydrogen-bond donors (Lipinski definition) is 1. The highest BCUT2D eigenvalue weighted by atomic mass is 16.4. The number of carbonyl (C=O) groups is 1. The Kier molecular flexibility index (Phi) is 4.02. The van der Waals surface area contributed by atoms with Crippen LogP contribution >= 0.6 is 0 Å². The summed E-state index contributed by atoms with van der Waals surface area (Å²) in [5, 5.41) is 9.48. The summed E-state index contributed by atoms with van der Waals surface area (Å²) in [6.45, 7) is 3.99. The first-order valence-corrected chi connectivity index (χ1v) is 6.62. The van der Waals surface area contributed by atoms with Crippen molar-refractivity contribution in [3.8, 4) is 0 Å². The van der Waals surface area contributed by atoms with Gasteiger partial charge in [0, 0.05) is 6.54 Å². The molecule has 0 bridgehead atoms. The monoisotopic (exact) mass is 247 g/mol. The van der Waals surface area contributed by atoms with Crippen molar-refractivity contribution >= 4 is 5.97 Å². The Morgan fingerprint density at radius 2 is 2.11 bits per heavy atom. The van der Waals surface area contributed by atoms with Crippen molar-refractivity contribution in [1.29, 1.82) is 0 Å². The van der Waals surface area contributed by atoms with Gasteiger partial charge in [-0.3, -0.25) is 4.79 Å². The second kappa shape index (κ2) is 5.53. The van der Waals surface area contributed by atoms with Gasteiger partial charge in [0.2, 0.25) is 0 Å². The molecule has 0 saturated carbocycles. The Balaban J connectivity index is 2.21. The van der Waals surface area contributed by atoms with Crippen molar-refractivity contribution in [2.75, 3.05) is 20.1 Å². The van der Waals surface area contributed by atoms with E-state index in [4.69, 9.17) is 0 Å². The van der Waals surface area contributed by atoms with Crippen LogP contribution in [-0.2, 0) is 11.2 Å². The molecule has 1 fully saturated rings. The van der Waals surface area contributed by atoms with Gasteiger partial charge in [-0.2, -0.15) is 0 Å². The summed E-state index contributed by atoms with van der Waals surface area (Å²) in [6, 6.07) is 8.06. The van der Waals surface area contributed by atoms with Crippen molar-refractivity contribution in [1.82, 2.24) is 4.90 Å². The molecule has 2 unspecified atom stereocenters. The summed E-state index contributed by atoms with van der Waals surface area (Å²) in [4.78, 5) is 13.7. The summed E-state index contributed by atoms with van der Waals surface area (Å²) < 4.78 is 0. The molecule has 1 aromatic carbocycles. The lowest BCUT2D eigenvalue weighted by molar-refractivity contribution is -0.140. The van der Waals surface area contributed by atoms with E-state index >= 15 is 0 Å². The molecule has 98 valence electrons. The molecular weight excluding hydrogens is 226 g/mol. The Labute approximate surface area is 108 Å². The predicted molar refractivity (Wildman–Crippen MR) is 71.8 cm³/mol. The van der Waals surface area contributed by atoms with Crippen LogP contribution in [-0.4, -0.2) is 36.1 Å². The molecule has 3 nitrogen and oxygen atoms in total. The number of benzene rings is 1. The Bertz CT molecular complexity index is 413. The standard InChI is InChI=1S/C15H21NO2/c1-3-11-4-6-12(7-5-11)14(15(17)18)13-8-9-16(2)10-13/h4-7,13-14H,3,8-10H2,1-2H3,(H,17,18). The summed E-state index contributed by atoms with van der Waals surface area (Å²) in [7, 11) is 2.05. The number of nitrogens with zero attached hydrogens (tertiary/aromatic N) is 1. The van der Waals surface area contributed by atoms with E-state index in [2.05, 4.69) is 18.9 Å². The van der Waals surface area contributed by atoms with Gasteiger partial charge in [0.05, 0.1) is 5.92 Å². The molecule has 18 heavy (non-hydrogen) atoms. The number of carboxylic acids is 1. The molecule has 0 aliphatic carbocycles. The maximum absolute atomic E-state index is 11.5. The number of rotatable bonds is 4. The van der Waals surface area contributed by atoms with Crippen molar-refractivity contribution in [2.24, 2.45) is 5.92 Å². The van der Waals surface area contributed by atoms with Gasteiger partial charge in [-0.1, -0.05) is 31.2 Å². The third kappa shape index (κ3) is 2.72. The van der Waals surface area contributed by atoms with Crippen LogP contribution in [0.5, 0.6) is 0 Å². The highest BCUT2D eigenvalue weighted by Gasteiger charge is 2.33. The minimum absolute atomic E-state index is 0.236. The molecular formula is C15H21NO2. The zero-order valence-corrected chi connectivity index (χ0v) is 11.1. The molecule has 2 rings (SSSR count). The van der Waals surface area contributed by atoms with E-state index in [0.717, 1.165) is 31.5 Å². The van der Waals surface area contributed by atoms with Gasteiger partial charge in [0.1, 0.15) is 0 Å². The van der Waals surface area contributed by atoms with E-state index in [9.17, 15) is 9.90 Å². The number of aliphatic carboxylic acids is 1. The number of hydrogen-bond acceptors (Lipinski definition) is 2. The normalized spacial score (nSPS) is 22.0. The molecule has 3 heteroatoms. The quantitative estimate of drug-likeness (QED) is 0.888. The van der Waals surface area contributed by atoms with Crippen LogP contribution in [0.1, 0.15) is 30.4 Å². The van der Waals surface area contributed by atoms with Crippen LogP contribution in [0.2, 0.25) is 0 Å². The van der Waals surface area contributed by atoms with E-state index in [-0.39, 0.29) is 11.8 Å². The topological polar surface area (TPSA) is 40.5 Å². The van der Waals surface area contributed by atoms with E-state index < -0.39 is 5.97 Å². The second-order valence-electron chi connectivity index (χ2n) is 5.22. The maximum atomic E-state index is 11.5. The van der Waals surface area contributed by atoms with Gasteiger partial charge in [-0.05, 0) is 43.5 Å². The Hall–Kier alpha value is -1.35. The average Bonchev–Trinajstić information content (AvgIpc) is 2.76. The molecule has 2 atom stereocenters. The average molecular weight is 247 g/mol. The highest BCUT2D eigenvalue weighted by Crippen LogP contribution is 2.32. The highest BCUT2D eigenvalue weighted by molar-refractivity contribution is 5.76. The zero-order chi connectivity index (χ0) is 13.1. The molecule has 0 spiro atoms. The molecule has 0 radical (unpaired) electrons. The van der Waals surface area contributed by atoms with Gasteiger partial charge in [-0.15, -0.1) is 0 Å². The summed E-state index contributed by atoms with van der Waals surface area (Å²) in [6.07, 6.45) is 1.97. The molecule has 0 amide bonds. The van der Waals surface area contributed by atoms with Crippen LogP contribution in [0.15, 0.2) is 24.3 Å². The molecule has 1 aliphatic rings. The SMILES string of the molecule is CCc1ccc(C(C(=O)O)C2CCN(C)C2)cc1. The molecule has 1 saturated heterocycles. The number of aryl methyl sites for hydroxylation is 1. The first kappa shape index (κ1) is 13.1. The summed E-state index contributed by atoms with van der Waals surface area (Å²) in [5.41, 5.74) is 2.20. The molecule has 1 heterocycles. The van der Waals surface area contributed by atoms with Gasteiger partial charge in [-0.25, -0.2) is 0 Å². The van der Waals surface area contributed by atoms with Crippen molar-refractivity contribution in [3.05, 3.63) is 35.4 Å². The minimum atomic E-state index is -0.695. The molecule has 1 aliphatic heterocycles. The fourth-order valence-corrected chi connectivity index (χ4v) is 2.82. The summed E-state index contributed by atoms with van der Waals surface area (Å²) >= 11 is 0. The molecule has 1 N–H and O–H groups in total. The Morgan fingerprint density at radius 3 is 2.56 bits per heavy atom.